The molecule has 4 rings (SSSR count). The van der Waals surface area contributed by atoms with Crippen LogP contribution in [-0.4, -0.2) is 53.1 Å². The summed E-state index contributed by atoms with van der Waals surface area (Å²) in [6, 6.07) is 10.3. The van der Waals surface area contributed by atoms with Gasteiger partial charge in [0.15, 0.2) is 0 Å². The molecular weight excluding hydrogens is 386 g/mol. The van der Waals surface area contributed by atoms with Crippen molar-refractivity contribution in [3.05, 3.63) is 64.7 Å². The molecule has 1 aliphatic carbocycles. The van der Waals surface area contributed by atoms with Crippen molar-refractivity contribution in [3.8, 4) is 17.0 Å². The Kier molecular flexibility index (Phi) is 6.47. The standard InChI is InChI=1S/C25H31N5O/c1-5-30(6-2)11-10-26-25-23-21(15-19-12-17(3)16-27-24(19)23)28-22(29-25)14-18-8-7-9-20(13-18)31-4/h7-9,12-13,16H,5-6,10-11,14-15H2,1-4H3,(H,26,28,29). The highest BCUT2D eigenvalue weighted by Crippen LogP contribution is 2.38. The van der Waals surface area contributed by atoms with Crippen LogP contribution in [0.2, 0.25) is 0 Å². The predicted octanol–water partition coefficient (Wildman–Crippen LogP) is 4.10. The molecule has 0 unspecified atom stereocenters. The number of rotatable bonds is 9. The molecule has 31 heavy (non-hydrogen) atoms. The second-order valence-electron chi connectivity index (χ2n) is 7.99. The maximum atomic E-state index is 5.37. The Labute approximate surface area is 184 Å². The van der Waals surface area contributed by atoms with Gasteiger partial charge >= 0.3 is 0 Å². The first-order chi connectivity index (χ1) is 15.1. The minimum absolute atomic E-state index is 0.665. The fourth-order valence-corrected chi connectivity index (χ4v) is 4.15. The molecule has 0 saturated heterocycles. The number of hydrogen-bond donors (Lipinski definition) is 1. The summed E-state index contributed by atoms with van der Waals surface area (Å²) in [5.74, 6) is 2.57. The van der Waals surface area contributed by atoms with E-state index >= 15 is 0 Å². The average molecular weight is 418 g/mol. The van der Waals surface area contributed by atoms with Crippen LogP contribution in [0, 0.1) is 6.92 Å². The Morgan fingerprint density at radius 2 is 1.97 bits per heavy atom. The summed E-state index contributed by atoms with van der Waals surface area (Å²) in [6.07, 6.45) is 3.40. The zero-order valence-electron chi connectivity index (χ0n) is 18.9. The zero-order chi connectivity index (χ0) is 21.8. The van der Waals surface area contributed by atoms with E-state index in [0.717, 1.165) is 72.5 Å². The van der Waals surface area contributed by atoms with Crippen molar-refractivity contribution in [2.45, 2.75) is 33.6 Å². The third-order valence-corrected chi connectivity index (χ3v) is 5.84. The highest BCUT2D eigenvalue weighted by Gasteiger charge is 2.26. The molecule has 1 aliphatic rings. The van der Waals surface area contributed by atoms with Gasteiger partial charge in [0.05, 0.1) is 24.1 Å². The van der Waals surface area contributed by atoms with Crippen LogP contribution in [0.4, 0.5) is 5.82 Å². The Morgan fingerprint density at radius 1 is 1.13 bits per heavy atom. The fraction of sp³-hybridized carbons (Fsp3) is 0.400. The Bertz CT molecular complexity index is 1060. The number of aromatic nitrogens is 3. The number of anilines is 1. The Hall–Kier alpha value is -2.99. The summed E-state index contributed by atoms with van der Waals surface area (Å²) in [7, 11) is 1.69. The van der Waals surface area contributed by atoms with Gasteiger partial charge in [-0.3, -0.25) is 4.98 Å². The van der Waals surface area contributed by atoms with Gasteiger partial charge in [0.2, 0.25) is 0 Å². The summed E-state index contributed by atoms with van der Waals surface area (Å²) >= 11 is 0. The number of pyridine rings is 1. The maximum absolute atomic E-state index is 5.37. The van der Waals surface area contributed by atoms with Crippen LogP contribution < -0.4 is 10.1 Å². The second kappa shape index (κ2) is 9.43. The molecule has 0 bridgehead atoms. The first-order valence-corrected chi connectivity index (χ1v) is 11.1. The number of fused-ring (bicyclic) bond motifs is 3. The van der Waals surface area contributed by atoms with Crippen molar-refractivity contribution in [2.24, 2.45) is 0 Å². The van der Waals surface area contributed by atoms with Crippen LogP contribution in [0.15, 0.2) is 36.5 Å². The van der Waals surface area contributed by atoms with Crippen molar-refractivity contribution < 1.29 is 4.74 Å². The molecule has 0 spiro atoms. The van der Waals surface area contributed by atoms with Crippen molar-refractivity contribution >= 4 is 5.82 Å². The van der Waals surface area contributed by atoms with Gasteiger partial charge in [-0.05, 0) is 48.8 Å². The fourth-order valence-electron chi connectivity index (χ4n) is 4.15. The molecule has 0 amide bonds. The van der Waals surface area contributed by atoms with E-state index in [2.05, 4.69) is 43.1 Å². The number of aryl methyl sites for hydroxylation is 1. The smallest absolute Gasteiger partial charge is 0.139 e. The lowest BCUT2D eigenvalue weighted by Crippen LogP contribution is -2.29. The van der Waals surface area contributed by atoms with E-state index in [1.54, 1.807) is 7.11 Å². The normalized spacial score (nSPS) is 12.0. The average Bonchev–Trinajstić information content (AvgIpc) is 3.14. The summed E-state index contributed by atoms with van der Waals surface area (Å²) in [5, 5.41) is 3.59. The lowest BCUT2D eigenvalue weighted by molar-refractivity contribution is 0.316. The van der Waals surface area contributed by atoms with E-state index in [1.807, 2.05) is 24.4 Å². The number of likely N-dealkylation sites (N-methyl/N-ethyl adjacent to an activating group) is 1. The number of nitrogens with one attached hydrogen (secondary N) is 1. The van der Waals surface area contributed by atoms with Gasteiger partial charge in [0.25, 0.3) is 0 Å². The largest absolute Gasteiger partial charge is 0.497 e. The van der Waals surface area contributed by atoms with Gasteiger partial charge in [-0.2, -0.15) is 0 Å². The van der Waals surface area contributed by atoms with Crippen LogP contribution >= 0.6 is 0 Å². The van der Waals surface area contributed by atoms with Gasteiger partial charge in [-0.25, -0.2) is 9.97 Å². The van der Waals surface area contributed by atoms with Crippen LogP contribution in [0.1, 0.15) is 42.1 Å². The van der Waals surface area contributed by atoms with Crippen molar-refractivity contribution in [1.82, 2.24) is 19.9 Å². The quantitative estimate of drug-likeness (QED) is 0.442. The van der Waals surface area contributed by atoms with Gasteiger partial charge in [-0.15, -0.1) is 0 Å². The molecule has 6 heteroatoms. The lowest BCUT2D eigenvalue weighted by atomic mass is 10.1. The topological polar surface area (TPSA) is 63.2 Å². The Balaban J connectivity index is 1.66. The molecule has 0 atom stereocenters. The minimum Gasteiger partial charge on any atom is -0.497 e. The van der Waals surface area contributed by atoms with Crippen LogP contribution in [-0.2, 0) is 12.8 Å². The second-order valence-corrected chi connectivity index (χ2v) is 7.99. The van der Waals surface area contributed by atoms with E-state index < -0.39 is 0 Å². The monoisotopic (exact) mass is 417 g/mol. The first-order valence-electron chi connectivity index (χ1n) is 11.1. The van der Waals surface area contributed by atoms with Crippen molar-refractivity contribution in [1.29, 1.82) is 0 Å². The SMILES string of the molecule is CCN(CC)CCNc1nc(Cc2cccc(OC)c2)nc2c1-c1ncc(C)cc1C2. The predicted molar refractivity (Wildman–Crippen MR) is 125 cm³/mol. The molecular formula is C25H31N5O. The molecule has 0 aliphatic heterocycles. The molecule has 162 valence electrons. The molecule has 3 aromatic rings. The maximum Gasteiger partial charge on any atom is 0.139 e. The van der Waals surface area contributed by atoms with E-state index in [0.29, 0.717) is 6.42 Å². The van der Waals surface area contributed by atoms with Gasteiger partial charge < -0.3 is 15.0 Å². The zero-order valence-corrected chi connectivity index (χ0v) is 18.9. The molecule has 0 fully saturated rings. The number of hydrogen-bond acceptors (Lipinski definition) is 6. The number of ether oxygens (including phenoxy) is 1. The van der Waals surface area contributed by atoms with E-state index in [-0.39, 0.29) is 0 Å². The summed E-state index contributed by atoms with van der Waals surface area (Å²) < 4.78 is 5.37. The molecule has 1 aromatic carbocycles. The van der Waals surface area contributed by atoms with Crippen molar-refractivity contribution in [2.75, 3.05) is 38.6 Å². The molecule has 6 nitrogen and oxygen atoms in total. The molecule has 2 heterocycles. The van der Waals surface area contributed by atoms with E-state index in [9.17, 15) is 0 Å². The van der Waals surface area contributed by atoms with Gasteiger partial charge in [0.1, 0.15) is 17.4 Å². The van der Waals surface area contributed by atoms with Crippen LogP contribution in [0.25, 0.3) is 11.3 Å². The molecule has 0 saturated carbocycles. The number of benzene rings is 1. The Morgan fingerprint density at radius 3 is 2.74 bits per heavy atom. The summed E-state index contributed by atoms with van der Waals surface area (Å²) in [6.45, 7) is 10.4. The molecule has 1 N–H and O–H groups in total. The van der Waals surface area contributed by atoms with Gasteiger partial charge in [-0.1, -0.05) is 32.0 Å². The van der Waals surface area contributed by atoms with E-state index in [4.69, 9.17) is 19.7 Å². The molecule has 2 aromatic heterocycles. The number of methoxy groups -OCH3 is 1. The van der Waals surface area contributed by atoms with Crippen molar-refractivity contribution in [3.63, 3.8) is 0 Å². The minimum atomic E-state index is 0.665. The summed E-state index contributed by atoms with van der Waals surface area (Å²) in [4.78, 5) is 17.0. The first kappa shape index (κ1) is 21.2. The lowest BCUT2D eigenvalue weighted by Gasteiger charge is -2.19. The van der Waals surface area contributed by atoms with Crippen LogP contribution in [0.3, 0.4) is 0 Å². The third-order valence-electron chi connectivity index (χ3n) is 5.84. The highest BCUT2D eigenvalue weighted by molar-refractivity contribution is 5.81. The summed E-state index contributed by atoms with van der Waals surface area (Å²) in [5.41, 5.74) is 6.67. The number of nitrogens with zero attached hydrogens (tertiary/aromatic N) is 4. The van der Waals surface area contributed by atoms with Gasteiger partial charge in [0, 0.05) is 32.1 Å². The highest BCUT2D eigenvalue weighted by atomic mass is 16.5. The third kappa shape index (κ3) is 4.69. The molecule has 0 radical (unpaired) electrons. The van der Waals surface area contributed by atoms with Crippen LogP contribution in [0.5, 0.6) is 5.75 Å². The van der Waals surface area contributed by atoms with E-state index in [1.165, 1.54) is 11.1 Å².